The SMILES string of the molecule is CSN1[CH-]N(SC)CC1.[CH-]=Cc1cc([N+](=O)[O-])ccc1CNc1c(C(C)C)cccc1C(C)Cl.[Ru+2]. The van der Waals surface area contributed by atoms with E-state index in [0.717, 1.165) is 29.9 Å². The maximum Gasteiger partial charge on any atom is 2.00 e. The summed E-state index contributed by atoms with van der Waals surface area (Å²) in [6.07, 6.45) is 5.59. The van der Waals surface area contributed by atoms with Crippen molar-refractivity contribution in [1.82, 2.24) is 8.61 Å². The van der Waals surface area contributed by atoms with Crippen molar-refractivity contribution < 1.29 is 24.4 Å². The average Bonchev–Trinajstić information content (AvgIpc) is 3.31. The van der Waals surface area contributed by atoms with Crippen LogP contribution in [0.4, 0.5) is 11.4 Å². The zero-order chi connectivity index (χ0) is 25.3. The van der Waals surface area contributed by atoms with Crippen LogP contribution in [-0.4, -0.2) is 39.1 Å². The van der Waals surface area contributed by atoms with E-state index in [1.165, 1.54) is 23.8 Å². The van der Waals surface area contributed by atoms with Gasteiger partial charge in [0.1, 0.15) is 0 Å². The number of anilines is 1. The first-order chi connectivity index (χ1) is 16.2. The van der Waals surface area contributed by atoms with Gasteiger partial charge in [0, 0.05) is 18.3 Å². The summed E-state index contributed by atoms with van der Waals surface area (Å²) in [6, 6.07) is 10.8. The number of para-hydroxylation sites is 1. The van der Waals surface area contributed by atoms with Crippen LogP contribution in [0.15, 0.2) is 36.4 Å². The van der Waals surface area contributed by atoms with E-state index in [9.17, 15) is 10.1 Å². The van der Waals surface area contributed by atoms with Gasteiger partial charge < -0.3 is 13.9 Å². The fourth-order valence-corrected chi connectivity index (χ4v) is 4.72. The van der Waals surface area contributed by atoms with Crippen molar-refractivity contribution in [2.24, 2.45) is 0 Å². The molecule has 2 aromatic rings. The molecule has 0 bridgehead atoms. The Balaban J connectivity index is 0.000000516. The molecule has 1 fully saturated rings. The molecule has 10 heteroatoms. The normalized spacial score (nSPS) is 14.6. The number of non-ortho nitro benzene ring substituents is 1. The van der Waals surface area contributed by atoms with Gasteiger partial charge in [-0.3, -0.25) is 16.7 Å². The number of benzene rings is 2. The molecule has 0 radical (unpaired) electrons. The zero-order valence-corrected chi connectivity index (χ0v) is 24.8. The van der Waals surface area contributed by atoms with E-state index in [0.29, 0.717) is 18.0 Å². The molecule has 0 aliphatic carbocycles. The van der Waals surface area contributed by atoms with Crippen LogP contribution in [0.5, 0.6) is 0 Å². The van der Waals surface area contributed by atoms with E-state index in [-0.39, 0.29) is 30.5 Å². The monoisotopic (exact) mass is 622 g/mol. The summed E-state index contributed by atoms with van der Waals surface area (Å²) in [5.41, 5.74) is 4.79. The number of nitro benzene ring substituents is 1. The van der Waals surface area contributed by atoms with Crippen LogP contribution in [0.2, 0.25) is 0 Å². The van der Waals surface area contributed by atoms with Gasteiger partial charge in [-0.05, 0) is 49.6 Å². The van der Waals surface area contributed by atoms with Crippen LogP contribution < -0.4 is 5.32 Å². The van der Waals surface area contributed by atoms with Crippen LogP contribution >= 0.6 is 35.5 Å². The topological polar surface area (TPSA) is 61.7 Å². The van der Waals surface area contributed by atoms with Gasteiger partial charge in [-0.1, -0.05) is 44.2 Å². The predicted octanol–water partition coefficient (Wildman–Crippen LogP) is 7.35. The first-order valence-electron chi connectivity index (χ1n) is 11.0. The van der Waals surface area contributed by atoms with Gasteiger partial charge in [-0.2, -0.15) is 12.2 Å². The molecule has 1 N–H and O–H groups in total. The number of hydrogen-bond donors (Lipinski definition) is 1. The van der Waals surface area contributed by atoms with Crippen molar-refractivity contribution in [1.29, 1.82) is 0 Å². The standard InChI is InChI=1S/C20H22ClN2O2.C5H11N2S2.Ru/c1-5-15-11-17(23(24)25)10-9-16(15)12-22-20-18(13(2)3)7-6-8-19(20)14(4)21;1-8-6-3-4-7(5-6)9-2;/h1,5-11,13-14,22H,12H2,2-4H3;5H,3-4H2,1-2H3;/q2*-1;+2. The fourth-order valence-electron chi connectivity index (χ4n) is 3.53. The van der Waals surface area contributed by atoms with Crippen molar-refractivity contribution in [3.05, 3.63) is 82.0 Å². The quantitative estimate of drug-likeness (QED) is 0.0784. The number of hydrogen-bond acceptors (Lipinski definition) is 7. The second-order valence-electron chi connectivity index (χ2n) is 8.00. The summed E-state index contributed by atoms with van der Waals surface area (Å²) in [7, 11) is 0. The van der Waals surface area contributed by atoms with E-state index in [2.05, 4.69) is 53.0 Å². The van der Waals surface area contributed by atoms with E-state index in [1.54, 1.807) is 30.0 Å². The third-order valence-electron chi connectivity index (χ3n) is 5.42. The Hall–Kier alpha value is -1.09. The Morgan fingerprint density at radius 3 is 2.23 bits per heavy atom. The largest absolute Gasteiger partial charge is 2.00 e. The predicted molar refractivity (Wildman–Crippen MR) is 149 cm³/mol. The first kappa shape index (κ1) is 31.9. The summed E-state index contributed by atoms with van der Waals surface area (Å²) < 4.78 is 4.47. The van der Waals surface area contributed by atoms with Gasteiger partial charge in [-0.25, -0.2) is 6.08 Å². The molecule has 0 amide bonds. The van der Waals surface area contributed by atoms with E-state index < -0.39 is 4.92 Å². The van der Waals surface area contributed by atoms with Crippen molar-refractivity contribution in [2.45, 2.75) is 38.6 Å². The number of nitro groups is 1. The number of nitrogens with one attached hydrogen (secondary N) is 1. The molecule has 1 heterocycles. The number of nitrogens with zero attached hydrogens (tertiary/aromatic N) is 3. The third-order valence-corrected chi connectivity index (χ3v) is 7.15. The number of rotatable bonds is 9. The molecule has 1 aliphatic rings. The third kappa shape index (κ3) is 9.38. The summed E-state index contributed by atoms with van der Waals surface area (Å²) in [6.45, 7) is 16.8. The Morgan fingerprint density at radius 1 is 1.17 bits per heavy atom. The van der Waals surface area contributed by atoms with E-state index in [4.69, 9.17) is 18.2 Å². The second kappa shape index (κ2) is 15.9. The Morgan fingerprint density at radius 2 is 1.77 bits per heavy atom. The summed E-state index contributed by atoms with van der Waals surface area (Å²) in [5.74, 6) is 0.343. The first-order valence-corrected chi connectivity index (χ1v) is 13.8. The molecule has 0 spiro atoms. The maximum absolute atomic E-state index is 10.9. The van der Waals surface area contributed by atoms with E-state index in [1.807, 2.05) is 19.1 Å². The maximum atomic E-state index is 10.9. The minimum Gasteiger partial charge on any atom is -0.386 e. The van der Waals surface area contributed by atoms with Crippen LogP contribution in [0.1, 0.15) is 54.3 Å². The molecule has 192 valence electrons. The molecule has 1 unspecified atom stereocenters. The average molecular weight is 622 g/mol. The molecular weight excluding hydrogens is 589 g/mol. The number of alkyl halides is 1. The minimum absolute atomic E-state index is 0. The van der Waals surface area contributed by atoms with Gasteiger partial charge in [0.15, 0.2) is 0 Å². The van der Waals surface area contributed by atoms with Crippen LogP contribution in [0, 0.1) is 23.4 Å². The summed E-state index contributed by atoms with van der Waals surface area (Å²) >= 11 is 9.89. The Kier molecular flexibility index (Phi) is 14.5. The Labute approximate surface area is 236 Å². The molecular formula is C25H33ClN4O2RuS2. The molecule has 35 heavy (non-hydrogen) atoms. The van der Waals surface area contributed by atoms with Gasteiger partial charge in [0.25, 0.3) is 5.69 Å². The zero-order valence-electron chi connectivity index (χ0n) is 20.7. The smallest absolute Gasteiger partial charge is 0.386 e. The van der Waals surface area contributed by atoms with Crippen molar-refractivity contribution in [3.63, 3.8) is 0 Å². The van der Waals surface area contributed by atoms with Crippen molar-refractivity contribution >= 4 is 52.9 Å². The van der Waals surface area contributed by atoms with E-state index >= 15 is 0 Å². The fraction of sp³-hybridized carbons (Fsp3) is 0.400. The molecule has 1 saturated heterocycles. The number of halogens is 1. The van der Waals surface area contributed by atoms with Gasteiger partial charge >= 0.3 is 19.5 Å². The molecule has 1 aliphatic heterocycles. The van der Waals surface area contributed by atoms with Crippen LogP contribution in [0.25, 0.3) is 6.08 Å². The molecule has 6 nitrogen and oxygen atoms in total. The molecule has 0 aromatic heterocycles. The van der Waals surface area contributed by atoms with Crippen LogP contribution in [-0.2, 0) is 26.0 Å². The minimum atomic E-state index is -0.425. The summed E-state index contributed by atoms with van der Waals surface area (Å²) in [5, 5.41) is 14.2. The molecule has 3 rings (SSSR count). The Bertz CT molecular complexity index is 942. The van der Waals surface area contributed by atoms with Crippen LogP contribution in [0.3, 0.4) is 0 Å². The van der Waals surface area contributed by atoms with Gasteiger partial charge in [-0.15, -0.1) is 41.1 Å². The van der Waals surface area contributed by atoms with Crippen molar-refractivity contribution in [3.8, 4) is 0 Å². The molecule has 1 atom stereocenters. The van der Waals surface area contributed by atoms with Gasteiger partial charge in [0.05, 0.1) is 10.3 Å². The van der Waals surface area contributed by atoms with Gasteiger partial charge in [0.2, 0.25) is 0 Å². The second-order valence-corrected chi connectivity index (χ2v) is 10.3. The summed E-state index contributed by atoms with van der Waals surface area (Å²) in [4.78, 5) is 10.5. The molecule has 2 aromatic carbocycles. The molecule has 0 saturated carbocycles. The van der Waals surface area contributed by atoms with Crippen molar-refractivity contribution in [2.75, 3.05) is 30.9 Å².